The lowest BCUT2D eigenvalue weighted by Gasteiger charge is -2.34. The Morgan fingerprint density at radius 2 is 2.24 bits per heavy atom. The summed E-state index contributed by atoms with van der Waals surface area (Å²) >= 11 is 5.01. The van der Waals surface area contributed by atoms with Crippen molar-refractivity contribution in [2.75, 3.05) is 20.1 Å². The van der Waals surface area contributed by atoms with Gasteiger partial charge in [-0.1, -0.05) is 43.4 Å². The third kappa shape index (κ3) is 2.85. The van der Waals surface area contributed by atoms with Crippen LogP contribution in [0.1, 0.15) is 24.0 Å². The molecule has 0 fully saturated rings. The zero-order valence-electron chi connectivity index (χ0n) is 10.5. The second-order valence-electron chi connectivity index (χ2n) is 5.12. The number of benzene rings is 1. The minimum atomic E-state index is 0.297. The maximum Gasteiger partial charge on any atom is 0.0768 e. The molecule has 2 N–H and O–H groups in total. The fourth-order valence-electron chi connectivity index (χ4n) is 2.53. The summed E-state index contributed by atoms with van der Waals surface area (Å²) in [6.07, 6.45) is 1.21. The molecule has 0 saturated carbocycles. The van der Waals surface area contributed by atoms with Crippen LogP contribution in [0.15, 0.2) is 24.3 Å². The Morgan fingerprint density at radius 3 is 2.88 bits per heavy atom. The number of hydrogen-bond acceptors (Lipinski definition) is 2. The first-order valence-corrected chi connectivity index (χ1v) is 6.54. The molecule has 0 aromatic heterocycles. The highest BCUT2D eigenvalue weighted by molar-refractivity contribution is 7.80. The molecule has 0 radical (unpaired) electrons. The molecule has 2 nitrogen and oxygen atoms in total. The normalized spacial score (nSPS) is 19.6. The quantitative estimate of drug-likeness (QED) is 0.810. The number of hydrogen-bond donors (Lipinski definition) is 1. The summed E-state index contributed by atoms with van der Waals surface area (Å²) in [6.45, 7) is 4.14. The highest BCUT2D eigenvalue weighted by Gasteiger charge is 2.26. The van der Waals surface area contributed by atoms with Crippen LogP contribution in [-0.4, -0.2) is 30.0 Å². The topological polar surface area (TPSA) is 29.3 Å². The Kier molecular flexibility index (Phi) is 3.79. The Balaban J connectivity index is 1.86. The Bertz CT molecular complexity index is 416. The van der Waals surface area contributed by atoms with Gasteiger partial charge in [-0.15, -0.1) is 0 Å². The molecule has 1 aliphatic rings. The zero-order chi connectivity index (χ0) is 12.4. The molecule has 1 aromatic carbocycles. The van der Waals surface area contributed by atoms with Crippen LogP contribution in [0, 0.1) is 5.92 Å². The van der Waals surface area contributed by atoms with E-state index in [1.165, 1.54) is 17.5 Å². The van der Waals surface area contributed by atoms with Gasteiger partial charge < -0.3 is 10.6 Å². The van der Waals surface area contributed by atoms with Gasteiger partial charge >= 0.3 is 0 Å². The molecule has 0 spiro atoms. The van der Waals surface area contributed by atoms with Crippen molar-refractivity contribution < 1.29 is 0 Å². The van der Waals surface area contributed by atoms with Crippen LogP contribution in [0.3, 0.4) is 0 Å². The van der Waals surface area contributed by atoms with Gasteiger partial charge in [-0.05, 0) is 24.6 Å². The van der Waals surface area contributed by atoms with Crippen molar-refractivity contribution in [1.29, 1.82) is 0 Å². The molecule has 0 saturated heterocycles. The van der Waals surface area contributed by atoms with Crippen molar-refractivity contribution in [2.24, 2.45) is 11.7 Å². The smallest absolute Gasteiger partial charge is 0.0768 e. The molecule has 1 aliphatic carbocycles. The van der Waals surface area contributed by atoms with Crippen molar-refractivity contribution in [1.82, 2.24) is 4.90 Å². The standard InChI is InChI=1S/C14H20N2S/c1-10(14(15)17)8-16(2)9-12-7-11-5-3-4-6-13(11)12/h3-6,10,12H,7-9H2,1-2H3,(H2,15,17). The van der Waals surface area contributed by atoms with Gasteiger partial charge in [0.1, 0.15) is 0 Å². The van der Waals surface area contributed by atoms with E-state index in [1.54, 1.807) is 0 Å². The van der Waals surface area contributed by atoms with Crippen LogP contribution in [0.5, 0.6) is 0 Å². The molecule has 2 unspecified atom stereocenters. The number of rotatable bonds is 5. The van der Waals surface area contributed by atoms with Gasteiger partial charge in [-0.3, -0.25) is 0 Å². The van der Waals surface area contributed by atoms with E-state index in [0.29, 0.717) is 16.8 Å². The van der Waals surface area contributed by atoms with E-state index in [9.17, 15) is 0 Å². The van der Waals surface area contributed by atoms with Gasteiger partial charge in [0, 0.05) is 24.9 Å². The van der Waals surface area contributed by atoms with Crippen molar-refractivity contribution >= 4 is 17.2 Å². The molecule has 2 atom stereocenters. The summed E-state index contributed by atoms with van der Waals surface area (Å²) in [5.41, 5.74) is 8.67. The van der Waals surface area contributed by atoms with Crippen LogP contribution in [0.25, 0.3) is 0 Å². The van der Waals surface area contributed by atoms with E-state index in [1.807, 2.05) is 0 Å². The monoisotopic (exact) mass is 248 g/mol. The molecule has 3 heteroatoms. The van der Waals surface area contributed by atoms with Crippen LogP contribution < -0.4 is 5.73 Å². The highest BCUT2D eigenvalue weighted by atomic mass is 32.1. The van der Waals surface area contributed by atoms with Crippen molar-refractivity contribution in [2.45, 2.75) is 19.3 Å². The SMILES string of the molecule is CC(CN(C)CC1Cc2ccccc21)C(N)=S. The largest absolute Gasteiger partial charge is 0.393 e. The van der Waals surface area contributed by atoms with Crippen LogP contribution in [0.2, 0.25) is 0 Å². The molecule has 0 bridgehead atoms. The molecule has 0 aliphatic heterocycles. The predicted octanol–water partition coefficient (Wildman–Crippen LogP) is 2.18. The van der Waals surface area contributed by atoms with Gasteiger partial charge in [0.05, 0.1) is 4.99 Å². The van der Waals surface area contributed by atoms with Crippen molar-refractivity contribution in [3.8, 4) is 0 Å². The summed E-state index contributed by atoms with van der Waals surface area (Å²) in [5.74, 6) is 0.986. The van der Waals surface area contributed by atoms with E-state index < -0.39 is 0 Å². The Morgan fingerprint density at radius 1 is 1.53 bits per heavy atom. The molecule has 92 valence electrons. The van der Waals surface area contributed by atoms with Gasteiger partial charge in [0.15, 0.2) is 0 Å². The van der Waals surface area contributed by atoms with Crippen molar-refractivity contribution in [3.63, 3.8) is 0 Å². The summed E-state index contributed by atoms with van der Waals surface area (Å²) < 4.78 is 0. The maximum absolute atomic E-state index is 5.64. The lowest BCUT2D eigenvalue weighted by atomic mass is 9.77. The third-order valence-electron chi connectivity index (χ3n) is 3.56. The van der Waals surface area contributed by atoms with Crippen molar-refractivity contribution in [3.05, 3.63) is 35.4 Å². The van der Waals surface area contributed by atoms with Crippen LogP contribution in [0.4, 0.5) is 0 Å². The molecule has 2 rings (SSSR count). The zero-order valence-corrected chi connectivity index (χ0v) is 11.3. The summed E-state index contributed by atoms with van der Waals surface area (Å²) in [6, 6.07) is 8.72. The fraction of sp³-hybridized carbons (Fsp3) is 0.500. The fourth-order valence-corrected chi connectivity index (χ4v) is 2.61. The number of nitrogens with zero attached hydrogens (tertiary/aromatic N) is 1. The van der Waals surface area contributed by atoms with Crippen LogP contribution >= 0.6 is 12.2 Å². The highest BCUT2D eigenvalue weighted by Crippen LogP contribution is 2.35. The molecule has 1 aromatic rings. The number of fused-ring (bicyclic) bond motifs is 1. The van der Waals surface area contributed by atoms with Crippen LogP contribution in [-0.2, 0) is 6.42 Å². The van der Waals surface area contributed by atoms with E-state index in [2.05, 4.69) is 43.1 Å². The second kappa shape index (κ2) is 5.15. The van der Waals surface area contributed by atoms with Gasteiger partial charge in [0.2, 0.25) is 0 Å². The van der Waals surface area contributed by atoms with Gasteiger partial charge in [-0.2, -0.15) is 0 Å². The molecule has 0 heterocycles. The number of nitrogens with two attached hydrogens (primary N) is 1. The first-order chi connectivity index (χ1) is 8.08. The maximum atomic E-state index is 5.64. The predicted molar refractivity (Wildman–Crippen MR) is 76.3 cm³/mol. The average Bonchev–Trinajstić information content (AvgIpc) is 2.25. The average molecular weight is 248 g/mol. The number of thiocarbonyl (C=S) groups is 1. The summed E-state index contributed by atoms with van der Waals surface area (Å²) in [4.78, 5) is 2.95. The molecular weight excluding hydrogens is 228 g/mol. The van der Waals surface area contributed by atoms with Gasteiger partial charge in [-0.25, -0.2) is 0 Å². The summed E-state index contributed by atoms with van der Waals surface area (Å²) in [7, 11) is 2.15. The summed E-state index contributed by atoms with van der Waals surface area (Å²) in [5, 5.41) is 0. The minimum Gasteiger partial charge on any atom is -0.393 e. The first kappa shape index (κ1) is 12.5. The van der Waals surface area contributed by atoms with E-state index >= 15 is 0 Å². The Labute approximate surface area is 109 Å². The lowest BCUT2D eigenvalue weighted by molar-refractivity contribution is 0.284. The van der Waals surface area contributed by atoms with Gasteiger partial charge in [0.25, 0.3) is 0 Å². The third-order valence-corrected chi connectivity index (χ3v) is 3.97. The van der Waals surface area contributed by atoms with E-state index in [4.69, 9.17) is 18.0 Å². The number of likely N-dealkylation sites (N-methyl/N-ethyl adjacent to an activating group) is 1. The van der Waals surface area contributed by atoms with E-state index in [-0.39, 0.29) is 0 Å². The van der Waals surface area contributed by atoms with E-state index in [0.717, 1.165) is 13.1 Å². The lowest BCUT2D eigenvalue weighted by Crippen LogP contribution is -2.36. The second-order valence-corrected chi connectivity index (χ2v) is 5.60. The Hall–Kier alpha value is -0.930. The molecular formula is C14H20N2S. The first-order valence-electron chi connectivity index (χ1n) is 6.13. The minimum absolute atomic E-state index is 0.297. The molecule has 17 heavy (non-hydrogen) atoms. The molecule has 0 amide bonds.